The summed E-state index contributed by atoms with van der Waals surface area (Å²) < 4.78 is 3.14. The highest BCUT2D eigenvalue weighted by molar-refractivity contribution is 9.10. The molecule has 2 unspecified atom stereocenters. The van der Waals surface area contributed by atoms with Gasteiger partial charge in [0.15, 0.2) is 0 Å². The van der Waals surface area contributed by atoms with Gasteiger partial charge in [0, 0.05) is 13.1 Å². The monoisotopic (exact) mass is 287 g/mol. The van der Waals surface area contributed by atoms with Crippen LogP contribution in [0.3, 0.4) is 0 Å². The molecule has 16 heavy (non-hydrogen) atoms. The fraction of sp³-hybridized carbons (Fsp3) is 0.750. The quantitative estimate of drug-likeness (QED) is 0.905. The number of hydrogen-bond acceptors (Lipinski definition) is 2. The van der Waals surface area contributed by atoms with Gasteiger partial charge in [0.05, 0.1) is 15.9 Å². The Morgan fingerprint density at radius 1 is 1.44 bits per heavy atom. The first-order valence-corrected chi connectivity index (χ1v) is 6.76. The average Bonchev–Trinajstić information content (AvgIpc) is 2.51. The molecule has 1 rings (SSSR count). The second-order valence-electron chi connectivity index (χ2n) is 4.42. The van der Waals surface area contributed by atoms with Crippen molar-refractivity contribution in [3.05, 3.63) is 15.9 Å². The molecular weight excluding hydrogens is 266 g/mol. The molecule has 2 atom stereocenters. The van der Waals surface area contributed by atoms with Crippen molar-refractivity contribution in [3.8, 4) is 0 Å². The van der Waals surface area contributed by atoms with E-state index in [4.69, 9.17) is 5.73 Å². The highest BCUT2D eigenvalue weighted by Gasteiger charge is 2.18. The zero-order valence-electron chi connectivity index (χ0n) is 10.6. The SMILES string of the molecule is CCc1nn(C)c(CC(CC)C(C)N)c1Br. The Kier molecular flexibility index (Phi) is 4.99. The second kappa shape index (κ2) is 5.82. The first kappa shape index (κ1) is 13.7. The van der Waals surface area contributed by atoms with E-state index in [1.807, 2.05) is 11.7 Å². The topological polar surface area (TPSA) is 43.8 Å². The van der Waals surface area contributed by atoms with Crippen LogP contribution >= 0.6 is 15.9 Å². The molecule has 0 aliphatic rings. The van der Waals surface area contributed by atoms with Gasteiger partial charge < -0.3 is 5.73 Å². The van der Waals surface area contributed by atoms with E-state index >= 15 is 0 Å². The third-order valence-electron chi connectivity index (χ3n) is 3.23. The molecule has 0 saturated carbocycles. The van der Waals surface area contributed by atoms with Crippen LogP contribution in [0.15, 0.2) is 4.47 Å². The molecule has 0 saturated heterocycles. The molecule has 0 aliphatic carbocycles. The van der Waals surface area contributed by atoms with Crippen molar-refractivity contribution in [2.45, 2.75) is 46.1 Å². The molecule has 0 radical (unpaired) electrons. The Morgan fingerprint density at radius 2 is 2.06 bits per heavy atom. The molecule has 1 aromatic rings. The number of aryl methyl sites for hydroxylation is 2. The molecule has 92 valence electrons. The number of hydrogen-bond donors (Lipinski definition) is 1. The van der Waals surface area contributed by atoms with Gasteiger partial charge in [-0.3, -0.25) is 4.68 Å². The van der Waals surface area contributed by atoms with Gasteiger partial charge in [-0.25, -0.2) is 0 Å². The summed E-state index contributed by atoms with van der Waals surface area (Å²) in [4.78, 5) is 0. The van der Waals surface area contributed by atoms with Gasteiger partial charge in [-0.05, 0) is 41.6 Å². The molecule has 0 aliphatic heterocycles. The predicted molar refractivity (Wildman–Crippen MR) is 71.4 cm³/mol. The minimum absolute atomic E-state index is 0.233. The van der Waals surface area contributed by atoms with Gasteiger partial charge in [0.25, 0.3) is 0 Å². The first-order chi connectivity index (χ1) is 7.51. The van der Waals surface area contributed by atoms with Crippen molar-refractivity contribution < 1.29 is 0 Å². The van der Waals surface area contributed by atoms with Gasteiger partial charge in [0.2, 0.25) is 0 Å². The number of nitrogens with zero attached hydrogens (tertiary/aromatic N) is 2. The number of aromatic nitrogens is 2. The van der Waals surface area contributed by atoms with Gasteiger partial charge in [-0.1, -0.05) is 20.3 Å². The Balaban J connectivity index is 2.91. The Bertz CT molecular complexity index is 344. The minimum Gasteiger partial charge on any atom is -0.328 e. The summed E-state index contributed by atoms with van der Waals surface area (Å²) in [6, 6.07) is 0.233. The molecule has 4 heteroatoms. The average molecular weight is 288 g/mol. The van der Waals surface area contributed by atoms with Crippen LogP contribution < -0.4 is 5.73 Å². The van der Waals surface area contributed by atoms with E-state index in [9.17, 15) is 0 Å². The molecule has 0 fully saturated rings. The van der Waals surface area contributed by atoms with Gasteiger partial charge >= 0.3 is 0 Å². The summed E-state index contributed by atoms with van der Waals surface area (Å²) in [7, 11) is 2.01. The van der Waals surface area contributed by atoms with E-state index in [0.717, 1.165) is 29.4 Å². The molecule has 0 spiro atoms. The van der Waals surface area contributed by atoms with Crippen LogP contribution in [0.25, 0.3) is 0 Å². The summed E-state index contributed by atoms with van der Waals surface area (Å²) in [5.41, 5.74) is 8.39. The van der Waals surface area contributed by atoms with E-state index in [2.05, 4.69) is 41.8 Å². The van der Waals surface area contributed by atoms with Gasteiger partial charge in [0.1, 0.15) is 0 Å². The zero-order valence-corrected chi connectivity index (χ0v) is 12.2. The van der Waals surface area contributed by atoms with E-state index in [0.29, 0.717) is 5.92 Å². The molecule has 0 amide bonds. The molecular formula is C12H22BrN3. The van der Waals surface area contributed by atoms with Crippen molar-refractivity contribution in [2.75, 3.05) is 0 Å². The third-order valence-corrected chi connectivity index (χ3v) is 4.14. The molecule has 1 aromatic heterocycles. The lowest BCUT2D eigenvalue weighted by Crippen LogP contribution is -2.28. The smallest absolute Gasteiger partial charge is 0.0766 e. The van der Waals surface area contributed by atoms with Crippen LogP contribution in [-0.2, 0) is 19.9 Å². The van der Waals surface area contributed by atoms with E-state index in [-0.39, 0.29) is 6.04 Å². The van der Waals surface area contributed by atoms with Crippen molar-refractivity contribution in [2.24, 2.45) is 18.7 Å². The molecule has 3 nitrogen and oxygen atoms in total. The lowest BCUT2D eigenvalue weighted by atomic mass is 9.93. The van der Waals surface area contributed by atoms with Crippen molar-refractivity contribution >= 4 is 15.9 Å². The van der Waals surface area contributed by atoms with E-state index in [1.54, 1.807) is 0 Å². The van der Waals surface area contributed by atoms with Crippen molar-refractivity contribution in [3.63, 3.8) is 0 Å². The first-order valence-electron chi connectivity index (χ1n) is 5.97. The van der Waals surface area contributed by atoms with Crippen LogP contribution in [0, 0.1) is 5.92 Å². The largest absolute Gasteiger partial charge is 0.328 e. The van der Waals surface area contributed by atoms with Gasteiger partial charge in [-0.15, -0.1) is 0 Å². The fourth-order valence-corrected chi connectivity index (χ4v) is 2.77. The molecule has 0 bridgehead atoms. The van der Waals surface area contributed by atoms with E-state index in [1.165, 1.54) is 5.69 Å². The molecule has 2 N–H and O–H groups in total. The fourth-order valence-electron chi connectivity index (χ4n) is 1.99. The van der Waals surface area contributed by atoms with Gasteiger partial charge in [-0.2, -0.15) is 5.10 Å². The molecule has 1 heterocycles. The second-order valence-corrected chi connectivity index (χ2v) is 5.21. The number of halogens is 1. The van der Waals surface area contributed by atoms with Crippen LogP contribution in [-0.4, -0.2) is 15.8 Å². The summed E-state index contributed by atoms with van der Waals surface area (Å²) in [6.45, 7) is 6.40. The van der Waals surface area contributed by atoms with Crippen LogP contribution in [0.5, 0.6) is 0 Å². The summed E-state index contributed by atoms with van der Waals surface area (Å²) in [6.07, 6.45) is 3.07. The maximum atomic E-state index is 5.99. The normalized spacial score (nSPS) is 15.1. The van der Waals surface area contributed by atoms with Crippen LogP contribution in [0.4, 0.5) is 0 Å². The van der Waals surface area contributed by atoms with Crippen LogP contribution in [0.2, 0.25) is 0 Å². The minimum atomic E-state index is 0.233. The van der Waals surface area contributed by atoms with Crippen molar-refractivity contribution in [1.29, 1.82) is 0 Å². The maximum absolute atomic E-state index is 5.99. The highest BCUT2D eigenvalue weighted by atomic mass is 79.9. The Morgan fingerprint density at radius 3 is 2.44 bits per heavy atom. The third kappa shape index (κ3) is 2.86. The maximum Gasteiger partial charge on any atom is 0.0766 e. The lowest BCUT2D eigenvalue weighted by molar-refractivity contribution is 0.416. The van der Waals surface area contributed by atoms with Crippen molar-refractivity contribution in [1.82, 2.24) is 9.78 Å². The Hall–Kier alpha value is -0.350. The van der Waals surface area contributed by atoms with E-state index < -0.39 is 0 Å². The zero-order chi connectivity index (χ0) is 12.3. The number of nitrogens with two attached hydrogens (primary N) is 1. The predicted octanol–water partition coefficient (Wildman–Crippen LogP) is 2.66. The summed E-state index contributed by atoms with van der Waals surface area (Å²) in [5, 5.41) is 4.50. The summed E-state index contributed by atoms with van der Waals surface area (Å²) in [5.74, 6) is 0.524. The number of rotatable bonds is 5. The summed E-state index contributed by atoms with van der Waals surface area (Å²) >= 11 is 3.64. The standard InChI is InChI=1S/C12H22BrN3/c1-5-9(8(3)14)7-11-12(13)10(6-2)15-16(11)4/h8-9H,5-7,14H2,1-4H3. The lowest BCUT2D eigenvalue weighted by Gasteiger charge is -2.19. The molecule has 0 aromatic carbocycles. The Labute approximate surface area is 107 Å². The van der Waals surface area contributed by atoms with Crippen LogP contribution in [0.1, 0.15) is 38.6 Å². The highest BCUT2D eigenvalue weighted by Crippen LogP contribution is 2.25.